The summed E-state index contributed by atoms with van der Waals surface area (Å²) in [5.41, 5.74) is 3.42. The summed E-state index contributed by atoms with van der Waals surface area (Å²) in [4.78, 5) is 24.0. The van der Waals surface area contributed by atoms with Crippen LogP contribution in [0.1, 0.15) is 48.0 Å². The third kappa shape index (κ3) is 9.88. The molecule has 3 nitrogen and oxygen atoms in total. The first kappa shape index (κ1) is 27.4. The largest absolute Gasteiger partial charge is 0.307 e. The zero-order valence-electron chi connectivity index (χ0n) is 13.5. The van der Waals surface area contributed by atoms with Crippen molar-refractivity contribution in [3.63, 3.8) is 0 Å². The summed E-state index contributed by atoms with van der Waals surface area (Å²) in [5, 5.41) is 0. The maximum atomic E-state index is 8.00. The van der Waals surface area contributed by atoms with E-state index in [2.05, 4.69) is 53.7 Å². The Morgan fingerprint density at radius 1 is 0.850 bits per heavy atom. The standard InChI is InChI=1S/C13H21.3CH2O.Mn/c1-12(2,3)10-8-7-9-11(10)13(4,5)6;3*1-2;/h8H,7H2,1-6H3;3*1H2;/q-1;;;;. The van der Waals surface area contributed by atoms with Crippen LogP contribution >= 0.6 is 0 Å². The van der Waals surface area contributed by atoms with Crippen molar-refractivity contribution in [2.24, 2.45) is 10.8 Å². The molecule has 0 atom stereocenters. The molecule has 0 aliphatic heterocycles. The molecule has 0 fully saturated rings. The number of rotatable bonds is 0. The van der Waals surface area contributed by atoms with Gasteiger partial charge >= 0.3 is 0 Å². The quantitative estimate of drug-likeness (QED) is 0.506. The van der Waals surface area contributed by atoms with Crippen LogP contribution in [0.2, 0.25) is 0 Å². The van der Waals surface area contributed by atoms with Gasteiger partial charge in [0.2, 0.25) is 0 Å². The summed E-state index contributed by atoms with van der Waals surface area (Å²) in [6.07, 6.45) is 6.80. The monoisotopic (exact) mass is 322 g/mol. The van der Waals surface area contributed by atoms with E-state index in [9.17, 15) is 0 Å². The van der Waals surface area contributed by atoms with E-state index in [-0.39, 0.29) is 27.9 Å². The van der Waals surface area contributed by atoms with Crippen molar-refractivity contribution in [1.29, 1.82) is 0 Å². The summed E-state index contributed by atoms with van der Waals surface area (Å²) >= 11 is 0. The van der Waals surface area contributed by atoms with Crippen LogP contribution in [0.3, 0.4) is 0 Å². The fourth-order valence-electron chi connectivity index (χ4n) is 1.80. The van der Waals surface area contributed by atoms with Gasteiger partial charge in [0.1, 0.15) is 20.4 Å². The number of allylic oxidation sites excluding steroid dienone is 4. The molecule has 0 aromatic heterocycles. The van der Waals surface area contributed by atoms with Crippen LogP contribution in [-0.2, 0) is 31.5 Å². The van der Waals surface area contributed by atoms with Crippen LogP contribution in [0, 0.1) is 16.9 Å². The predicted octanol–water partition coefficient (Wildman–Crippen LogP) is 3.58. The fraction of sp³-hybridized carbons (Fsp3) is 0.562. The topological polar surface area (TPSA) is 51.2 Å². The maximum Gasteiger partial charge on any atom is 0.106 e. The zero-order chi connectivity index (χ0) is 16.3. The number of carbonyl (C=O) groups excluding carboxylic acids is 3. The molecule has 0 amide bonds. The van der Waals surface area contributed by atoms with Gasteiger partial charge in [-0.3, -0.25) is 6.08 Å². The summed E-state index contributed by atoms with van der Waals surface area (Å²) in [5.74, 6) is 0. The molecule has 0 saturated carbocycles. The van der Waals surface area contributed by atoms with Crippen LogP contribution < -0.4 is 0 Å². The Morgan fingerprint density at radius 2 is 1.20 bits per heavy atom. The SMILES string of the molecule is C=O.C=O.C=O.CC(C)(C)C1=[C-]CC=C1C(C)(C)C.[Mn]. The summed E-state index contributed by atoms with van der Waals surface area (Å²) in [6, 6.07) is 0. The van der Waals surface area contributed by atoms with Crippen LogP contribution in [0.25, 0.3) is 0 Å². The molecule has 0 N–H and O–H groups in total. The van der Waals surface area contributed by atoms with Gasteiger partial charge in [0.05, 0.1) is 0 Å². The van der Waals surface area contributed by atoms with Gasteiger partial charge in [-0.05, 0) is 5.41 Å². The average molecular weight is 322 g/mol. The van der Waals surface area contributed by atoms with Gasteiger partial charge in [-0.25, -0.2) is 5.57 Å². The molecule has 0 bridgehead atoms. The third-order valence-corrected chi connectivity index (χ3v) is 2.41. The first-order valence-electron chi connectivity index (χ1n) is 5.92. The van der Waals surface area contributed by atoms with Crippen LogP contribution in [-0.4, -0.2) is 20.4 Å². The first-order valence-corrected chi connectivity index (χ1v) is 5.92. The third-order valence-electron chi connectivity index (χ3n) is 2.41. The molecule has 1 aliphatic rings. The number of hydrogen-bond acceptors (Lipinski definition) is 3. The Balaban J connectivity index is -0.000000162. The Hall–Kier alpha value is -0.991. The number of hydrogen-bond donors (Lipinski definition) is 0. The van der Waals surface area contributed by atoms with E-state index in [4.69, 9.17) is 14.4 Å². The molecule has 0 aromatic rings. The van der Waals surface area contributed by atoms with Gasteiger partial charge in [0.15, 0.2) is 0 Å². The molecular formula is C16H27MnO3-. The van der Waals surface area contributed by atoms with Crippen LogP contribution in [0.5, 0.6) is 0 Å². The molecule has 0 heterocycles. The van der Waals surface area contributed by atoms with Crippen molar-refractivity contribution in [2.75, 3.05) is 0 Å². The molecule has 1 aliphatic carbocycles. The summed E-state index contributed by atoms with van der Waals surface area (Å²) < 4.78 is 0. The van der Waals surface area contributed by atoms with Crippen molar-refractivity contribution < 1.29 is 31.5 Å². The summed E-state index contributed by atoms with van der Waals surface area (Å²) in [7, 11) is 0. The summed E-state index contributed by atoms with van der Waals surface area (Å²) in [6.45, 7) is 19.6. The number of carbonyl (C=O) groups is 3. The van der Waals surface area contributed by atoms with Crippen molar-refractivity contribution in [3.05, 3.63) is 23.3 Å². The molecule has 4 heteroatoms. The van der Waals surface area contributed by atoms with E-state index in [1.165, 1.54) is 11.1 Å². The van der Waals surface area contributed by atoms with Crippen molar-refractivity contribution in [2.45, 2.75) is 48.0 Å². The minimum absolute atomic E-state index is 0. The van der Waals surface area contributed by atoms with Crippen molar-refractivity contribution in [1.82, 2.24) is 0 Å². The van der Waals surface area contributed by atoms with E-state index in [0.717, 1.165) is 6.42 Å². The van der Waals surface area contributed by atoms with Gasteiger partial charge in [-0.2, -0.15) is 11.6 Å². The molecule has 20 heavy (non-hydrogen) atoms. The van der Waals surface area contributed by atoms with E-state index in [0.29, 0.717) is 0 Å². The molecule has 0 unspecified atom stereocenters. The minimum atomic E-state index is 0. The molecule has 0 aromatic carbocycles. The molecule has 0 saturated heterocycles. The van der Waals surface area contributed by atoms with Gasteiger partial charge < -0.3 is 14.4 Å². The Morgan fingerprint density at radius 3 is 1.40 bits per heavy atom. The Kier molecular flexibility index (Phi) is 17.8. The predicted molar refractivity (Wildman–Crippen MR) is 79.7 cm³/mol. The van der Waals surface area contributed by atoms with E-state index in [1.807, 2.05) is 20.4 Å². The van der Waals surface area contributed by atoms with Crippen molar-refractivity contribution >= 4 is 20.4 Å². The maximum absolute atomic E-state index is 8.00. The van der Waals surface area contributed by atoms with Crippen molar-refractivity contribution in [3.8, 4) is 0 Å². The van der Waals surface area contributed by atoms with Gasteiger partial charge in [-0.1, -0.05) is 47.0 Å². The molecular weight excluding hydrogens is 295 g/mol. The fourth-order valence-corrected chi connectivity index (χ4v) is 1.80. The van der Waals surface area contributed by atoms with Crippen LogP contribution in [0.4, 0.5) is 0 Å². The molecule has 1 rings (SSSR count). The van der Waals surface area contributed by atoms with E-state index in [1.54, 1.807) is 0 Å². The first-order chi connectivity index (χ1) is 8.73. The molecule has 117 valence electrons. The second-order valence-electron chi connectivity index (χ2n) is 5.87. The Bertz CT molecular complexity index is 274. The smallest absolute Gasteiger partial charge is 0.106 e. The second kappa shape index (κ2) is 13.0. The van der Waals surface area contributed by atoms with Gasteiger partial charge in [0, 0.05) is 17.1 Å². The van der Waals surface area contributed by atoms with Crippen LogP contribution in [0.15, 0.2) is 17.2 Å². The minimum Gasteiger partial charge on any atom is -0.307 e. The van der Waals surface area contributed by atoms with E-state index >= 15 is 0 Å². The average Bonchev–Trinajstić information content (AvgIpc) is 2.85. The Labute approximate surface area is 134 Å². The normalized spacial score (nSPS) is 12.7. The van der Waals surface area contributed by atoms with Gasteiger partial charge in [0.25, 0.3) is 0 Å². The molecule has 0 spiro atoms. The van der Waals surface area contributed by atoms with E-state index < -0.39 is 0 Å². The molecule has 1 radical (unpaired) electrons. The zero-order valence-corrected chi connectivity index (χ0v) is 14.7. The second-order valence-corrected chi connectivity index (χ2v) is 5.87. The van der Waals surface area contributed by atoms with Gasteiger partial charge in [-0.15, -0.1) is 6.42 Å².